The van der Waals surface area contributed by atoms with E-state index in [1.54, 1.807) is 0 Å². The summed E-state index contributed by atoms with van der Waals surface area (Å²) in [7, 11) is 2.11. The lowest BCUT2D eigenvalue weighted by molar-refractivity contribution is 0.297. The number of hydrogen-bond acceptors (Lipinski definition) is 2. The van der Waals surface area contributed by atoms with Gasteiger partial charge in [0.15, 0.2) is 5.96 Å². The predicted octanol–water partition coefficient (Wildman–Crippen LogP) is 3.59. The molecule has 22 heavy (non-hydrogen) atoms. The lowest BCUT2D eigenvalue weighted by atomic mass is 10.3. The summed E-state index contributed by atoms with van der Waals surface area (Å²) in [5.41, 5.74) is 0. The fourth-order valence-electron chi connectivity index (χ4n) is 2.22. The van der Waals surface area contributed by atoms with Crippen LogP contribution in [0.1, 0.15) is 46.5 Å². The maximum absolute atomic E-state index is 4.73. The molecule has 0 amide bonds. The molecule has 4 nitrogen and oxygen atoms in total. The first kappa shape index (κ1) is 24.0. The van der Waals surface area contributed by atoms with E-state index in [1.807, 2.05) is 6.08 Å². The molecule has 0 saturated heterocycles. The number of aliphatic imine (C=N–C) groups is 1. The van der Waals surface area contributed by atoms with Crippen LogP contribution in [0, 0.1) is 0 Å². The maximum Gasteiger partial charge on any atom is 0.193 e. The van der Waals surface area contributed by atoms with Gasteiger partial charge in [-0.3, -0.25) is 4.99 Å². The summed E-state index contributed by atoms with van der Waals surface area (Å²) < 4.78 is 0. The normalized spacial score (nSPS) is 11.2. The summed E-state index contributed by atoms with van der Waals surface area (Å²) in [6, 6.07) is 0. The van der Waals surface area contributed by atoms with Gasteiger partial charge in [0.05, 0.1) is 0 Å². The van der Waals surface area contributed by atoms with Crippen molar-refractivity contribution >= 4 is 29.9 Å². The van der Waals surface area contributed by atoms with Gasteiger partial charge >= 0.3 is 0 Å². The van der Waals surface area contributed by atoms with Crippen LogP contribution >= 0.6 is 24.0 Å². The van der Waals surface area contributed by atoms with E-state index in [1.165, 1.54) is 13.0 Å². The van der Waals surface area contributed by atoms with E-state index in [9.17, 15) is 0 Å². The number of allylic oxidation sites excluding steroid dienone is 1. The molecule has 0 aromatic heterocycles. The molecular formula is C17H37IN4. The zero-order valence-electron chi connectivity index (χ0n) is 15.1. The third kappa shape index (κ3) is 12.3. The van der Waals surface area contributed by atoms with Crippen molar-refractivity contribution in [3.63, 3.8) is 0 Å². The molecule has 0 aliphatic carbocycles. The molecule has 0 aromatic rings. The fraction of sp³-hybridized carbons (Fsp3) is 0.824. The van der Waals surface area contributed by atoms with E-state index in [0.29, 0.717) is 0 Å². The molecular weight excluding hydrogens is 387 g/mol. The van der Waals surface area contributed by atoms with E-state index in [0.717, 1.165) is 57.9 Å². The molecule has 0 unspecified atom stereocenters. The van der Waals surface area contributed by atoms with Gasteiger partial charge in [0.25, 0.3) is 0 Å². The van der Waals surface area contributed by atoms with Gasteiger partial charge in [-0.1, -0.05) is 19.9 Å². The van der Waals surface area contributed by atoms with Crippen LogP contribution in [0.3, 0.4) is 0 Å². The number of halogens is 1. The molecule has 0 radical (unpaired) electrons. The van der Waals surface area contributed by atoms with Crippen molar-refractivity contribution in [2.45, 2.75) is 46.5 Å². The molecule has 132 valence electrons. The average Bonchev–Trinajstić information content (AvgIpc) is 2.50. The first-order chi connectivity index (χ1) is 10.2. The second kappa shape index (κ2) is 17.1. The zero-order chi connectivity index (χ0) is 15.9. The first-order valence-corrected chi connectivity index (χ1v) is 8.52. The van der Waals surface area contributed by atoms with Crippen LogP contribution in [0.25, 0.3) is 0 Å². The highest BCUT2D eigenvalue weighted by Crippen LogP contribution is 1.98. The SMILES string of the molecule is C=CCCCN(C)C(=NCCCCN(CC)CC)NCC.I. The number of guanidine groups is 1. The summed E-state index contributed by atoms with van der Waals surface area (Å²) in [4.78, 5) is 9.42. The molecule has 0 bridgehead atoms. The van der Waals surface area contributed by atoms with Gasteiger partial charge in [-0.05, 0) is 52.2 Å². The van der Waals surface area contributed by atoms with E-state index >= 15 is 0 Å². The lowest BCUT2D eigenvalue weighted by Gasteiger charge is -2.22. The second-order valence-corrected chi connectivity index (χ2v) is 5.32. The van der Waals surface area contributed by atoms with Crippen LogP contribution in [0.5, 0.6) is 0 Å². The highest BCUT2D eigenvalue weighted by atomic mass is 127. The molecule has 0 aliphatic rings. The van der Waals surface area contributed by atoms with Crippen molar-refractivity contribution in [1.29, 1.82) is 0 Å². The van der Waals surface area contributed by atoms with E-state index in [2.05, 4.69) is 49.5 Å². The monoisotopic (exact) mass is 424 g/mol. The van der Waals surface area contributed by atoms with Crippen LogP contribution in [0.4, 0.5) is 0 Å². The minimum absolute atomic E-state index is 0. The highest BCUT2D eigenvalue weighted by molar-refractivity contribution is 14.0. The minimum atomic E-state index is 0. The summed E-state index contributed by atoms with van der Waals surface area (Å²) >= 11 is 0. The summed E-state index contributed by atoms with van der Waals surface area (Å²) in [6.07, 6.45) is 6.56. The molecule has 5 heteroatoms. The Hall–Kier alpha value is -0.300. The molecule has 0 saturated carbocycles. The predicted molar refractivity (Wildman–Crippen MR) is 110 cm³/mol. The summed E-state index contributed by atoms with van der Waals surface area (Å²) in [5.74, 6) is 1.03. The largest absolute Gasteiger partial charge is 0.357 e. The van der Waals surface area contributed by atoms with Crippen LogP contribution in [0.2, 0.25) is 0 Å². The van der Waals surface area contributed by atoms with Gasteiger partial charge in [0.1, 0.15) is 0 Å². The summed E-state index contributed by atoms with van der Waals surface area (Å²) in [6.45, 7) is 16.7. The molecule has 0 aliphatic heterocycles. The second-order valence-electron chi connectivity index (χ2n) is 5.32. The quantitative estimate of drug-likeness (QED) is 0.171. The Kier molecular flexibility index (Phi) is 18.6. The first-order valence-electron chi connectivity index (χ1n) is 8.52. The van der Waals surface area contributed by atoms with Crippen LogP contribution in [-0.2, 0) is 0 Å². The highest BCUT2D eigenvalue weighted by Gasteiger charge is 2.04. The Balaban J connectivity index is 0. The van der Waals surface area contributed by atoms with Gasteiger partial charge in [0.2, 0.25) is 0 Å². The van der Waals surface area contributed by atoms with Crippen molar-refractivity contribution < 1.29 is 0 Å². The number of nitrogens with zero attached hydrogens (tertiary/aromatic N) is 3. The van der Waals surface area contributed by atoms with Gasteiger partial charge in [-0.2, -0.15) is 0 Å². The molecule has 0 spiro atoms. The zero-order valence-corrected chi connectivity index (χ0v) is 17.4. The smallest absolute Gasteiger partial charge is 0.193 e. The Labute approximate surface area is 155 Å². The molecule has 0 heterocycles. The Morgan fingerprint density at radius 3 is 2.32 bits per heavy atom. The van der Waals surface area contributed by atoms with Gasteiger partial charge < -0.3 is 15.1 Å². The van der Waals surface area contributed by atoms with Crippen LogP contribution < -0.4 is 5.32 Å². The van der Waals surface area contributed by atoms with Gasteiger partial charge in [0, 0.05) is 26.7 Å². The fourth-order valence-corrected chi connectivity index (χ4v) is 2.22. The average molecular weight is 424 g/mol. The standard InChI is InChI=1S/C17H36N4.HI/c1-6-10-12-15-20(5)17(18-7-2)19-14-11-13-16-21(8-3)9-4;/h6H,1,7-16H2,2-5H3,(H,18,19);1H. The summed E-state index contributed by atoms with van der Waals surface area (Å²) in [5, 5.41) is 3.37. The van der Waals surface area contributed by atoms with Gasteiger partial charge in [-0.25, -0.2) is 0 Å². The van der Waals surface area contributed by atoms with Crippen LogP contribution in [-0.4, -0.2) is 62.1 Å². The maximum atomic E-state index is 4.73. The number of hydrogen-bond donors (Lipinski definition) is 1. The van der Waals surface area contributed by atoms with Crippen LogP contribution in [0.15, 0.2) is 17.6 Å². The van der Waals surface area contributed by atoms with Crippen molar-refractivity contribution in [3.8, 4) is 0 Å². The molecule has 0 atom stereocenters. The molecule has 1 N–H and O–H groups in total. The van der Waals surface area contributed by atoms with E-state index in [4.69, 9.17) is 4.99 Å². The van der Waals surface area contributed by atoms with Crippen molar-refractivity contribution in [2.75, 3.05) is 46.3 Å². The molecule has 0 fully saturated rings. The minimum Gasteiger partial charge on any atom is -0.357 e. The van der Waals surface area contributed by atoms with Crippen molar-refractivity contribution in [1.82, 2.24) is 15.1 Å². The van der Waals surface area contributed by atoms with Crippen molar-refractivity contribution in [2.24, 2.45) is 4.99 Å². The van der Waals surface area contributed by atoms with Gasteiger partial charge in [-0.15, -0.1) is 30.6 Å². The molecule has 0 aromatic carbocycles. The number of rotatable bonds is 12. The number of unbranched alkanes of at least 4 members (excludes halogenated alkanes) is 2. The Bertz CT molecular complexity index is 278. The Morgan fingerprint density at radius 2 is 1.77 bits per heavy atom. The third-order valence-corrected chi connectivity index (χ3v) is 3.64. The topological polar surface area (TPSA) is 30.9 Å². The third-order valence-electron chi connectivity index (χ3n) is 3.64. The van der Waals surface area contributed by atoms with Crippen molar-refractivity contribution in [3.05, 3.63) is 12.7 Å². The lowest BCUT2D eigenvalue weighted by Crippen LogP contribution is -2.39. The Morgan fingerprint density at radius 1 is 1.09 bits per heavy atom. The number of nitrogens with one attached hydrogen (secondary N) is 1. The molecule has 0 rings (SSSR count). The van der Waals surface area contributed by atoms with E-state index < -0.39 is 0 Å². The van der Waals surface area contributed by atoms with E-state index in [-0.39, 0.29) is 24.0 Å².